The number of nitrogens with zero attached hydrogens (tertiary/aromatic N) is 3. The zero-order valence-electron chi connectivity index (χ0n) is 19.8. The maximum Gasteiger partial charge on any atom is 0.325 e. The molecule has 8 nitrogen and oxygen atoms in total. The Bertz CT molecular complexity index is 936. The number of hydrogen-bond donors (Lipinski definition) is 1. The Hall–Kier alpha value is -2.90. The van der Waals surface area contributed by atoms with E-state index >= 15 is 0 Å². The molecule has 0 radical (unpaired) electrons. The van der Waals surface area contributed by atoms with Crippen LogP contribution in [0.5, 0.6) is 0 Å². The van der Waals surface area contributed by atoms with Crippen molar-refractivity contribution < 1.29 is 19.2 Å². The molecule has 2 atom stereocenters. The summed E-state index contributed by atoms with van der Waals surface area (Å²) in [5, 5.41) is 2.89. The zero-order chi connectivity index (χ0) is 23.8. The van der Waals surface area contributed by atoms with E-state index < -0.39 is 11.6 Å². The van der Waals surface area contributed by atoms with Crippen molar-refractivity contribution in [3.05, 3.63) is 35.4 Å². The molecule has 2 unspecified atom stereocenters. The summed E-state index contributed by atoms with van der Waals surface area (Å²) in [5.74, 6) is -0.102. The minimum Gasteiger partial charge on any atom is -0.338 e. The summed E-state index contributed by atoms with van der Waals surface area (Å²) in [6.45, 7) is 7.61. The van der Waals surface area contributed by atoms with Gasteiger partial charge in [0, 0.05) is 31.7 Å². The second-order valence-corrected chi connectivity index (χ2v) is 9.89. The zero-order valence-corrected chi connectivity index (χ0v) is 19.8. The SMILES string of the molecule is CC(C)c1ccc(C(=O)N2CCN(C(=O)CN3C(=O)NC4(CCCCC4C)C3=O)CC2)cc1. The van der Waals surface area contributed by atoms with Crippen molar-refractivity contribution in [1.82, 2.24) is 20.0 Å². The van der Waals surface area contributed by atoms with Gasteiger partial charge in [0.25, 0.3) is 11.8 Å². The van der Waals surface area contributed by atoms with Gasteiger partial charge in [-0.05, 0) is 42.4 Å². The second kappa shape index (κ2) is 9.15. The molecule has 0 aromatic heterocycles. The first-order valence-electron chi connectivity index (χ1n) is 12.0. The molecule has 2 aliphatic heterocycles. The third-order valence-corrected chi connectivity index (χ3v) is 7.54. The van der Waals surface area contributed by atoms with Crippen molar-refractivity contribution in [3.8, 4) is 0 Å². The van der Waals surface area contributed by atoms with Crippen LogP contribution in [0, 0.1) is 5.92 Å². The van der Waals surface area contributed by atoms with E-state index in [0.29, 0.717) is 44.1 Å². The third kappa shape index (κ3) is 4.35. The average Bonchev–Trinajstić information content (AvgIpc) is 3.05. The van der Waals surface area contributed by atoms with Gasteiger partial charge in [0.15, 0.2) is 0 Å². The topological polar surface area (TPSA) is 90.0 Å². The number of carbonyl (C=O) groups excluding carboxylic acids is 4. The van der Waals surface area contributed by atoms with Gasteiger partial charge in [-0.3, -0.25) is 19.3 Å². The lowest BCUT2D eigenvalue weighted by Gasteiger charge is -2.37. The number of rotatable bonds is 4. The fourth-order valence-corrected chi connectivity index (χ4v) is 5.23. The van der Waals surface area contributed by atoms with Gasteiger partial charge >= 0.3 is 6.03 Å². The number of urea groups is 1. The van der Waals surface area contributed by atoms with E-state index in [1.165, 1.54) is 5.56 Å². The lowest BCUT2D eigenvalue weighted by Crippen LogP contribution is -2.55. The number of imide groups is 1. The fraction of sp³-hybridized carbons (Fsp3) is 0.600. The van der Waals surface area contributed by atoms with Crippen molar-refractivity contribution in [2.24, 2.45) is 5.92 Å². The molecule has 33 heavy (non-hydrogen) atoms. The summed E-state index contributed by atoms with van der Waals surface area (Å²) in [5.41, 5.74) is 0.975. The summed E-state index contributed by atoms with van der Waals surface area (Å²) >= 11 is 0. The summed E-state index contributed by atoms with van der Waals surface area (Å²) in [7, 11) is 0. The fourth-order valence-electron chi connectivity index (χ4n) is 5.23. The van der Waals surface area contributed by atoms with Crippen LogP contribution in [0.2, 0.25) is 0 Å². The summed E-state index contributed by atoms with van der Waals surface area (Å²) in [6, 6.07) is 7.20. The van der Waals surface area contributed by atoms with Crippen LogP contribution in [0.4, 0.5) is 4.79 Å². The predicted octanol–water partition coefficient (Wildman–Crippen LogP) is 2.60. The van der Waals surface area contributed by atoms with Crippen LogP contribution in [-0.2, 0) is 9.59 Å². The first kappa shape index (κ1) is 23.3. The van der Waals surface area contributed by atoms with E-state index in [0.717, 1.165) is 24.2 Å². The van der Waals surface area contributed by atoms with Gasteiger partial charge in [0.05, 0.1) is 0 Å². The molecular formula is C25H34N4O4. The molecule has 1 aromatic carbocycles. The molecule has 8 heteroatoms. The molecule has 1 aromatic rings. The average molecular weight is 455 g/mol. The van der Waals surface area contributed by atoms with Gasteiger partial charge in [-0.25, -0.2) is 4.79 Å². The van der Waals surface area contributed by atoms with Crippen LogP contribution in [0.3, 0.4) is 0 Å². The molecule has 3 fully saturated rings. The molecule has 4 rings (SSSR count). The first-order chi connectivity index (χ1) is 15.7. The number of hydrogen-bond acceptors (Lipinski definition) is 4. The quantitative estimate of drug-likeness (QED) is 0.708. The van der Waals surface area contributed by atoms with E-state index in [4.69, 9.17) is 0 Å². The largest absolute Gasteiger partial charge is 0.338 e. The molecule has 1 aliphatic carbocycles. The Morgan fingerprint density at radius 3 is 2.27 bits per heavy atom. The van der Waals surface area contributed by atoms with E-state index in [9.17, 15) is 19.2 Å². The summed E-state index contributed by atoms with van der Waals surface area (Å²) in [4.78, 5) is 55.9. The van der Waals surface area contributed by atoms with Gasteiger partial charge in [-0.2, -0.15) is 0 Å². The molecular weight excluding hydrogens is 420 g/mol. The van der Waals surface area contributed by atoms with Crippen molar-refractivity contribution in [3.63, 3.8) is 0 Å². The predicted molar refractivity (Wildman–Crippen MR) is 124 cm³/mol. The molecule has 1 saturated carbocycles. The van der Waals surface area contributed by atoms with Crippen LogP contribution < -0.4 is 5.32 Å². The smallest absolute Gasteiger partial charge is 0.325 e. The lowest BCUT2D eigenvalue weighted by atomic mass is 9.73. The maximum atomic E-state index is 13.1. The van der Waals surface area contributed by atoms with E-state index in [2.05, 4.69) is 19.2 Å². The summed E-state index contributed by atoms with van der Waals surface area (Å²) in [6.07, 6.45) is 3.47. The van der Waals surface area contributed by atoms with E-state index in [1.807, 2.05) is 31.2 Å². The number of amides is 5. The van der Waals surface area contributed by atoms with E-state index in [-0.39, 0.29) is 30.2 Å². The minimum atomic E-state index is -0.855. The van der Waals surface area contributed by atoms with Gasteiger partial charge in [-0.1, -0.05) is 45.7 Å². The normalized spacial score (nSPS) is 25.7. The van der Waals surface area contributed by atoms with Crippen molar-refractivity contribution in [2.45, 2.75) is 57.9 Å². The van der Waals surface area contributed by atoms with Crippen LogP contribution in [0.1, 0.15) is 68.3 Å². The van der Waals surface area contributed by atoms with Crippen LogP contribution in [0.25, 0.3) is 0 Å². The standard InChI is InChI=1S/C25H34N4O4/c1-17(2)19-7-9-20(10-8-19)22(31)28-14-12-27(13-15-28)21(30)16-29-23(32)25(26-24(29)33)11-5-4-6-18(25)3/h7-10,17-18H,4-6,11-16H2,1-3H3,(H,26,33). The Labute approximate surface area is 195 Å². The van der Waals surface area contributed by atoms with Gasteiger partial charge < -0.3 is 15.1 Å². The Morgan fingerprint density at radius 2 is 1.67 bits per heavy atom. The van der Waals surface area contributed by atoms with Crippen LogP contribution in [-0.4, -0.2) is 76.7 Å². The monoisotopic (exact) mass is 454 g/mol. The summed E-state index contributed by atoms with van der Waals surface area (Å²) < 4.78 is 0. The van der Waals surface area contributed by atoms with E-state index in [1.54, 1.807) is 9.80 Å². The highest BCUT2D eigenvalue weighted by molar-refractivity contribution is 6.09. The number of piperazine rings is 1. The van der Waals surface area contributed by atoms with Gasteiger partial charge in [0.1, 0.15) is 12.1 Å². The molecule has 0 bridgehead atoms. The highest BCUT2D eigenvalue weighted by atomic mass is 16.2. The Kier molecular flexibility index (Phi) is 6.45. The Balaban J connectivity index is 1.33. The lowest BCUT2D eigenvalue weighted by molar-refractivity contribution is -0.141. The van der Waals surface area contributed by atoms with Crippen molar-refractivity contribution in [1.29, 1.82) is 0 Å². The molecule has 2 saturated heterocycles. The molecule has 5 amide bonds. The second-order valence-electron chi connectivity index (χ2n) is 9.89. The number of nitrogens with one attached hydrogen (secondary N) is 1. The third-order valence-electron chi connectivity index (χ3n) is 7.54. The highest BCUT2D eigenvalue weighted by Crippen LogP contribution is 2.38. The first-order valence-corrected chi connectivity index (χ1v) is 12.0. The molecule has 3 aliphatic rings. The molecule has 1 spiro atoms. The van der Waals surface area contributed by atoms with Crippen molar-refractivity contribution in [2.75, 3.05) is 32.7 Å². The van der Waals surface area contributed by atoms with Crippen LogP contribution >= 0.6 is 0 Å². The highest BCUT2D eigenvalue weighted by Gasteiger charge is 2.55. The number of carbonyl (C=O) groups is 4. The Morgan fingerprint density at radius 1 is 1.03 bits per heavy atom. The van der Waals surface area contributed by atoms with Crippen LogP contribution in [0.15, 0.2) is 24.3 Å². The maximum absolute atomic E-state index is 13.1. The molecule has 2 heterocycles. The minimum absolute atomic E-state index is 0.0419. The molecule has 1 N–H and O–H groups in total. The number of benzene rings is 1. The van der Waals surface area contributed by atoms with Gasteiger partial charge in [0.2, 0.25) is 5.91 Å². The van der Waals surface area contributed by atoms with Gasteiger partial charge in [-0.15, -0.1) is 0 Å². The molecule has 178 valence electrons. The van der Waals surface area contributed by atoms with Crippen molar-refractivity contribution >= 4 is 23.8 Å².